The smallest absolute Gasteiger partial charge is 0.262 e. The molecule has 19 heavy (non-hydrogen) atoms. The Balaban J connectivity index is 3.11. The molecule has 0 aliphatic rings. The average Bonchev–Trinajstić information content (AvgIpc) is 2.31. The maximum absolute atomic E-state index is 11.8. The first-order chi connectivity index (χ1) is 8.77. The number of hydrogen-bond donors (Lipinski definition) is 1. The van der Waals surface area contributed by atoms with Crippen molar-refractivity contribution in [3.8, 4) is 0 Å². The van der Waals surface area contributed by atoms with Gasteiger partial charge in [0, 0.05) is 29.9 Å². The first-order valence-corrected chi connectivity index (χ1v) is 8.46. The van der Waals surface area contributed by atoms with Crippen LogP contribution in [0.15, 0.2) is 21.5 Å². The van der Waals surface area contributed by atoms with Crippen molar-refractivity contribution in [3.05, 3.63) is 27.2 Å². The van der Waals surface area contributed by atoms with Gasteiger partial charge in [-0.3, -0.25) is 4.79 Å². The Morgan fingerprint density at radius 3 is 2.63 bits per heavy atom. The van der Waals surface area contributed by atoms with Gasteiger partial charge in [0.15, 0.2) is 0 Å². The molecule has 0 aliphatic heterocycles. The number of benzene rings is 1. The van der Waals surface area contributed by atoms with Crippen LogP contribution in [0.2, 0.25) is 5.02 Å². The van der Waals surface area contributed by atoms with E-state index in [1.807, 2.05) is 0 Å². The molecule has 0 radical (unpaired) electrons. The summed E-state index contributed by atoms with van der Waals surface area (Å²) in [5, 5.41) is 2.63. The molecule has 0 saturated heterocycles. The zero-order valence-electron chi connectivity index (χ0n) is 9.74. The number of rotatable bonds is 5. The number of methoxy groups -OCH3 is 1. The third-order valence-electron chi connectivity index (χ3n) is 2.11. The third-order valence-corrected chi connectivity index (χ3v) is 5.10. The molecular formula is C10H10BrCl2NO4S. The van der Waals surface area contributed by atoms with Crippen molar-refractivity contribution in [1.82, 2.24) is 5.32 Å². The molecule has 1 aromatic rings. The predicted molar refractivity (Wildman–Crippen MR) is 76.4 cm³/mol. The molecule has 1 N–H and O–H groups in total. The van der Waals surface area contributed by atoms with E-state index in [-0.39, 0.29) is 20.0 Å². The number of ether oxygens (including phenoxy) is 1. The van der Waals surface area contributed by atoms with Gasteiger partial charge in [-0.25, -0.2) is 8.42 Å². The summed E-state index contributed by atoms with van der Waals surface area (Å²) in [6.07, 6.45) is 0. The van der Waals surface area contributed by atoms with Gasteiger partial charge in [-0.15, -0.1) is 0 Å². The zero-order valence-corrected chi connectivity index (χ0v) is 13.7. The van der Waals surface area contributed by atoms with E-state index in [0.29, 0.717) is 13.2 Å². The van der Waals surface area contributed by atoms with Gasteiger partial charge < -0.3 is 10.1 Å². The molecule has 0 bridgehead atoms. The summed E-state index contributed by atoms with van der Waals surface area (Å²) >= 11 is 8.87. The molecular weight excluding hydrogens is 381 g/mol. The minimum absolute atomic E-state index is 0.0821. The van der Waals surface area contributed by atoms with Gasteiger partial charge in [-0.05, 0) is 28.1 Å². The number of carbonyl (C=O) groups is 1. The van der Waals surface area contributed by atoms with Crippen molar-refractivity contribution in [3.63, 3.8) is 0 Å². The van der Waals surface area contributed by atoms with Crippen molar-refractivity contribution in [2.75, 3.05) is 20.3 Å². The van der Waals surface area contributed by atoms with Crippen LogP contribution in [0, 0.1) is 0 Å². The average molecular weight is 391 g/mol. The van der Waals surface area contributed by atoms with Gasteiger partial charge in [0.05, 0.1) is 21.0 Å². The second-order valence-corrected chi connectivity index (χ2v) is 7.19. The van der Waals surface area contributed by atoms with Crippen LogP contribution in [0.5, 0.6) is 0 Å². The SMILES string of the molecule is COCCNC(=O)c1cc(Cl)c(Br)c(S(=O)(=O)Cl)c1. The predicted octanol–water partition coefficient (Wildman–Crippen LogP) is 2.41. The summed E-state index contributed by atoms with van der Waals surface area (Å²) < 4.78 is 27.6. The molecule has 0 heterocycles. The summed E-state index contributed by atoms with van der Waals surface area (Å²) in [6.45, 7) is 0.642. The topological polar surface area (TPSA) is 72.5 Å². The summed E-state index contributed by atoms with van der Waals surface area (Å²) in [7, 11) is 2.77. The van der Waals surface area contributed by atoms with Crippen LogP contribution in [-0.4, -0.2) is 34.6 Å². The van der Waals surface area contributed by atoms with Gasteiger partial charge in [0.2, 0.25) is 0 Å². The van der Waals surface area contributed by atoms with E-state index in [2.05, 4.69) is 21.2 Å². The minimum Gasteiger partial charge on any atom is -0.383 e. The molecule has 1 aromatic carbocycles. The standard InChI is InChI=1S/C10H10BrCl2NO4S/c1-18-3-2-14-10(15)6-4-7(12)9(11)8(5-6)19(13,16)17/h4-5H,2-3H2,1H3,(H,14,15). The van der Waals surface area contributed by atoms with E-state index in [1.54, 1.807) is 0 Å². The Morgan fingerprint density at radius 2 is 2.11 bits per heavy atom. The lowest BCUT2D eigenvalue weighted by Crippen LogP contribution is -2.27. The van der Waals surface area contributed by atoms with E-state index in [4.69, 9.17) is 27.0 Å². The van der Waals surface area contributed by atoms with Crippen LogP contribution in [0.1, 0.15) is 10.4 Å². The highest BCUT2D eigenvalue weighted by molar-refractivity contribution is 9.10. The highest BCUT2D eigenvalue weighted by Gasteiger charge is 2.20. The highest BCUT2D eigenvalue weighted by Crippen LogP contribution is 2.33. The van der Waals surface area contributed by atoms with Crippen LogP contribution in [0.25, 0.3) is 0 Å². The van der Waals surface area contributed by atoms with Crippen molar-refractivity contribution >= 4 is 53.2 Å². The van der Waals surface area contributed by atoms with E-state index in [9.17, 15) is 13.2 Å². The quantitative estimate of drug-likeness (QED) is 0.618. The van der Waals surface area contributed by atoms with Crippen molar-refractivity contribution in [1.29, 1.82) is 0 Å². The Morgan fingerprint density at radius 1 is 1.47 bits per heavy atom. The fourth-order valence-electron chi connectivity index (χ4n) is 1.24. The van der Waals surface area contributed by atoms with E-state index >= 15 is 0 Å². The zero-order chi connectivity index (χ0) is 14.6. The summed E-state index contributed by atoms with van der Waals surface area (Å²) in [5.41, 5.74) is 0.100. The molecule has 0 atom stereocenters. The second kappa shape index (κ2) is 6.90. The van der Waals surface area contributed by atoms with Gasteiger partial charge >= 0.3 is 0 Å². The van der Waals surface area contributed by atoms with Gasteiger partial charge in [0.25, 0.3) is 15.0 Å². The number of carbonyl (C=O) groups excluding carboxylic acids is 1. The van der Waals surface area contributed by atoms with Crippen molar-refractivity contribution < 1.29 is 17.9 Å². The lowest BCUT2D eigenvalue weighted by molar-refractivity contribution is 0.0937. The Kier molecular flexibility index (Phi) is 6.07. The Bertz CT molecular complexity index is 591. The first-order valence-electron chi connectivity index (χ1n) is 4.98. The Labute approximate surface area is 128 Å². The molecule has 0 spiro atoms. The number of hydrogen-bond acceptors (Lipinski definition) is 4. The largest absolute Gasteiger partial charge is 0.383 e. The number of nitrogens with one attached hydrogen (secondary N) is 1. The molecule has 5 nitrogen and oxygen atoms in total. The highest BCUT2D eigenvalue weighted by atomic mass is 79.9. The van der Waals surface area contributed by atoms with Crippen LogP contribution in [0.3, 0.4) is 0 Å². The molecule has 0 aliphatic carbocycles. The molecule has 0 saturated carbocycles. The monoisotopic (exact) mass is 389 g/mol. The van der Waals surface area contributed by atoms with E-state index in [1.165, 1.54) is 13.2 Å². The molecule has 106 valence electrons. The van der Waals surface area contributed by atoms with Crippen LogP contribution in [-0.2, 0) is 13.8 Å². The molecule has 1 amide bonds. The number of halogens is 3. The summed E-state index contributed by atoms with van der Waals surface area (Å²) in [5.74, 6) is -0.465. The second-order valence-electron chi connectivity index (χ2n) is 3.46. The summed E-state index contributed by atoms with van der Waals surface area (Å²) in [4.78, 5) is 11.5. The summed E-state index contributed by atoms with van der Waals surface area (Å²) in [6, 6.07) is 2.50. The lowest BCUT2D eigenvalue weighted by Gasteiger charge is -2.08. The van der Waals surface area contributed by atoms with Gasteiger partial charge in [-0.1, -0.05) is 11.6 Å². The maximum Gasteiger partial charge on any atom is 0.262 e. The fraction of sp³-hybridized carbons (Fsp3) is 0.300. The minimum atomic E-state index is -4.00. The molecule has 9 heteroatoms. The van der Waals surface area contributed by atoms with Crippen LogP contribution < -0.4 is 5.32 Å². The third kappa shape index (κ3) is 4.61. The van der Waals surface area contributed by atoms with Crippen LogP contribution >= 0.6 is 38.2 Å². The van der Waals surface area contributed by atoms with Crippen molar-refractivity contribution in [2.24, 2.45) is 0 Å². The van der Waals surface area contributed by atoms with Gasteiger partial charge in [-0.2, -0.15) is 0 Å². The van der Waals surface area contributed by atoms with E-state index < -0.39 is 15.0 Å². The Hall–Kier alpha value is -0.340. The van der Waals surface area contributed by atoms with Crippen LogP contribution in [0.4, 0.5) is 0 Å². The van der Waals surface area contributed by atoms with Gasteiger partial charge in [0.1, 0.15) is 0 Å². The number of amides is 1. The van der Waals surface area contributed by atoms with Crippen molar-refractivity contribution in [2.45, 2.75) is 4.90 Å². The molecule has 0 unspecified atom stereocenters. The fourth-order valence-corrected chi connectivity index (χ4v) is 3.62. The van der Waals surface area contributed by atoms with E-state index in [0.717, 1.165) is 6.07 Å². The first kappa shape index (κ1) is 16.7. The normalized spacial score (nSPS) is 11.4. The maximum atomic E-state index is 11.8. The molecule has 0 fully saturated rings. The lowest BCUT2D eigenvalue weighted by atomic mass is 10.2. The molecule has 0 aromatic heterocycles. The molecule has 1 rings (SSSR count).